The van der Waals surface area contributed by atoms with Crippen molar-refractivity contribution in [2.45, 2.75) is 75.9 Å². The summed E-state index contributed by atoms with van der Waals surface area (Å²) in [6, 6.07) is 13.5. The van der Waals surface area contributed by atoms with E-state index in [1.165, 1.54) is 24.3 Å². The van der Waals surface area contributed by atoms with Gasteiger partial charge in [-0.25, -0.2) is 4.79 Å². The van der Waals surface area contributed by atoms with Crippen LogP contribution in [0.3, 0.4) is 0 Å². The molecule has 2 aromatic rings. The summed E-state index contributed by atoms with van der Waals surface area (Å²) in [6.45, 7) is 11.8. The molecule has 1 aliphatic heterocycles. The Morgan fingerprint density at radius 2 is 1.68 bits per heavy atom. The fourth-order valence-electron chi connectivity index (χ4n) is 4.12. The number of β-lactam (4-membered cyclic amide) rings is 1. The second-order valence-corrected chi connectivity index (χ2v) is 17.1. The van der Waals surface area contributed by atoms with E-state index in [0.717, 1.165) is 21.6 Å². The van der Waals surface area contributed by atoms with Gasteiger partial charge in [0.2, 0.25) is 5.91 Å². The monoisotopic (exact) mass is 586 g/mol. The molecule has 3 rings (SSSR count). The lowest BCUT2D eigenvalue weighted by molar-refractivity contribution is -0.384. The summed E-state index contributed by atoms with van der Waals surface area (Å²) in [7, 11) is -2.29. The smallest absolute Gasteiger partial charge is 0.397 e. The Hall–Kier alpha value is -3.35. The van der Waals surface area contributed by atoms with E-state index in [9.17, 15) is 29.3 Å². The molecular weight excluding hydrogens is 552 g/mol. The van der Waals surface area contributed by atoms with Crippen molar-refractivity contribution in [3.63, 3.8) is 0 Å². The molecule has 0 aliphatic carbocycles. The Morgan fingerprint density at radius 1 is 1.07 bits per heavy atom. The highest BCUT2D eigenvalue weighted by molar-refractivity contribution is 8.13. The number of amides is 2. The first kappa shape index (κ1) is 31.2. The Morgan fingerprint density at radius 3 is 2.23 bits per heavy atom. The van der Waals surface area contributed by atoms with Crippen molar-refractivity contribution in [3.05, 3.63) is 70.3 Å². The van der Waals surface area contributed by atoms with Crippen molar-refractivity contribution in [2.75, 3.05) is 0 Å². The molecule has 0 radical (unpaired) electrons. The van der Waals surface area contributed by atoms with Crippen LogP contribution in [-0.2, 0) is 34.9 Å². The topological polar surface area (TPSA) is 133 Å². The van der Waals surface area contributed by atoms with Gasteiger partial charge in [-0.05, 0) is 54.9 Å². The number of hydrogen-bond acceptors (Lipinski definition) is 9. The van der Waals surface area contributed by atoms with Crippen LogP contribution < -0.4 is 0 Å². The van der Waals surface area contributed by atoms with Crippen molar-refractivity contribution in [3.8, 4) is 0 Å². The lowest BCUT2D eigenvalue weighted by Crippen LogP contribution is -2.68. The van der Waals surface area contributed by atoms with Gasteiger partial charge in [-0.15, -0.1) is 0 Å². The van der Waals surface area contributed by atoms with Crippen LogP contribution >= 0.6 is 11.8 Å². The van der Waals surface area contributed by atoms with Gasteiger partial charge in [0.1, 0.15) is 6.61 Å². The van der Waals surface area contributed by atoms with Gasteiger partial charge in [0.05, 0.1) is 23.0 Å². The molecule has 10 nitrogen and oxygen atoms in total. The Balaban J connectivity index is 1.75. The number of thioether (sulfide) groups is 1. The summed E-state index contributed by atoms with van der Waals surface area (Å²) in [5.41, 5.74) is 0.306. The van der Waals surface area contributed by atoms with Crippen LogP contribution in [0, 0.1) is 16.0 Å². The molecule has 2 aromatic carbocycles. The minimum Gasteiger partial charge on any atom is -0.454 e. The number of nitro groups is 1. The van der Waals surface area contributed by atoms with Gasteiger partial charge < -0.3 is 9.16 Å². The maximum atomic E-state index is 13.3. The van der Waals surface area contributed by atoms with Crippen molar-refractivity contribution < 1.29 is 33.3 Å². The number of non-ortho nitro benzene ring substituents is 1. The van der Waals surface area contributed by atoms with Gasteiger partial charge in [0, 0.05) is 23.4 Å². The number of imide groups is 1. The summed E-state index contributed by atoms with van der Waals surface area (Å²) >= 11 is 1.00. The number of esters is 1. The Kier molecular flexibility index (Phi) is 9.70. The van der Waals surface area contributed by atoms with Crippen LogP contribution in [0.2, 0.25) is 18.1 Å². The molecule has 0 unspecified atom stereocenters. The molecule has 0 saturated carbocycles. The first-order chi connectivity index (χ1) is 18.6. The molecule has 0 N–H and O–H groups in total. The van der Waals surface area contributed by atoms with E-state index in [1.807, 2.05) is 6.07 Å². The normalized spacial score (nSPS) is 18.1. The maximum absolute atomic E-state index is 13.3. The standard InChI is InChI=1S/C28H34N2O8SSi/c1-18(38-40(5,6)28(2,3)4)24-22(16-23(31)39-21-10-8-7-9-11-21)29(25(24)32)26(33)27(34)37-17-19-12-14-20(15-13-19)30(35)36/h7-15,18,22,24H,16-17H2,1-6H3/t18-,22-,24-/m1/s1. The highest BCUT2D eigenvalue weighted by Gasteiger charge is 2.56. The number of carbonyl (C=O) groups excluding carboxylic acids is 4. The zero-order valence-corrected chi connectivity index (χ0v) is 25.2. The van der Waals surface area contributed by atoms with E-state index in [2.05, 4.69) is 33.9 Å². The summed E-state index contributed by atoms with van der Waals surface area (Å²) in [4.78, 5) is 63.7. The second kappa shape index (κ2) is 12.4. The van der Waals surface area contributed by atoms with Crippen LogP contribution in [0.4, 0.5) is 5.69 Å². The predicted molar refractivity (Wildman–Crippen MR) is 152 cm³/mol. The molecule has 214 valence electrons. The molecule has 40 heavy (non-hydrogen) atoms. The quantitative estimate of drug-likeness (QED) is 0.0747. The molecule has 12 heteroatoms. The predicted octanol–water partition coefficient (Wildman–Crippen LogP) is 5.11. The minimum absolute atomic E-state index is 0.125. The third-order valence-electron chi connectivity index (χ3n) is 7.32. The van der Waals surface area contributed by atoms with Gasteiger partial charge in [-0.1, -0.05) is 50.7 Å². The van der Waals surface area contributed by atoms with Crippen LogP contribution in [-0.4, -0.2) is 53.2 Å². The largest absolute Gasteiger partial charge is 0.454 e. The number of ether oxygens (including phenoxy) is 1. The van der Waals surface area contributed by atoms with Crippen LogP contribution in [0.1, 0.15) is 39.7 Å². The van der Waals surface area contributed by atoms with Crippen molar-refractivity contribution >= 4 is 48.7 Å². The number of hydrogen-bond donors (Lipinski definition) is 0. The van der Waals surface area contributed by atoms with Gasteiger partial charge in [0.15, 0.2) is 13.4 Å². The fourth-order valence-corrected chi connectivity index (χ4v) is 6.36. The van der Waals surface area contributed by atoms with E-state index in [1.54, 1.807) is 31.2 Å². The van der Waals surface area contributed by atoms with Crippen LogP contribution in [0.15, 0.2) is 59.5 Å². The molecule has 1 fully saturated rings. The van der Waals surface area contributed by atoms with Gasteiger partial charge >= 0.3 is 11.9 Å². The average Bonchev–Trinajstić information content (AvgIpc) is 2.86. The van der Waals surface area contributed by atoms with Crippen molar-refractivity contribution in [1.82, 2.24) is 4.90 Å². The molecule has 2 amide bonds. The first-order valence-corrected chi connectivity index (χ1v) is 16.6. The maximum Gasteiger partial charge on any atom is 0.397 e. The van der Waals surface area contributed by atoms with Crippen molar-refractivity contribution in [1.29, 1.82) is 0 Å². The van der Waals surface area contributed by atoms with E-state index >= 15 is 0 Å². The highest BCUT2D eigenvalue weighted by Crippen LogP contribution is 2.41. The molecule has 0 spiro atoms. The Labute approximate surface area is 238 Å². The molecule has 1 aliphatic rings. The minimum atomic E-state index is -2.29. The average molecular weight is 587 g/mol. The third kappa shape index (κ3) is 7.23. The number of nitrogens with zero attached hydrogens (tertiary/aromatic N) is 2. The lowest BCUT2D eigenvalue weighted by atomic mass is 9.81. The summed E-state index contributed by atoms with van der Waals surface area (Å²) in [5, 5.41) is 10.4. The summed E-state index contributed by atoms with van der Waals surface area (Å²) < 4.78 is 11.5. The fraction of sp³-hybridized carbons (Fsp3) is 0.429. The van der Waals surface area contributed by atoms with Crippen LogP contribution in [0.5, 0.6) is 0 Å². The number of likely N-dealkylation sites (tertiary alicyclic amines) is 1. The van der Waals surface area contributed by atoms with E-state index in [4.69, 9.17) is 9.16 Å². The lowest BCUT2D eigenvalue weighted by Gasteiger charge is -2.49. The zero-order chi connectivity index (χ0) is 29.8. The van der Waals surface area contributed by atoms with Gasteiger partial charge in [0.25, 0.3) is 5.69 Å². The summed E-state index contributed by atoms with van der Waals surface area (Å²) in [6.07, 6.45) is -0.726. The van der Waals surface area contributed by atoms with Gasteiger partial charge in [-0.2, -0.15) is 0 Å². The summed E-state index contributed by atoms with van der Waals surface area (Å²) in [5.74, 6) is -3.78. The van der Waals surface area contributed by atoms with Crippen molar-refractivity contribution in [2.24, 2.45) is 5.92 Å². The number of rotatable bonds is 9. The first-order valence-electron chi connectivity index (χ1n) is 12.8. The molecule has 1 saturated heterocycles. The number of nitro benzene ring substituents is 1. The van der Waals surface area contributed by atoms with E-state index in [-0.39, 0.29) is 28.9 Å². The molecule has 0 bridgehead atoms. The number of benzene rings is 2. The van der Waals surface area contributed by atoms with Crippen LogP contribution in [0.25, 0.3) is 0 Å². The van der Waals surface area contributed by atoms with E-state index in [0.29, 0.717) is 5.56 Å². The molecule has 3 atom stereocenters. The second-order valence-electron chi connectivity index (χ2n) is 11.2. The van der Waals surface area contributed by atoms with E-state index < -0.39 is 49.1 Å². The third-order valence-corrected chi connectivity index (χ3v) is 12.8. The molecule has 0 aromatic heterocycles. The van der Waals surface area contributed by atoms with Gasteiger partial charge in [-0.3, -0.25) is 29.4 Å². The molecule has 1 heterocycles. The number of carbonyl (C=O) groups is 4. The SMILES string of the molecule is C[C@@H](O[Si](C)(C)C(C)(C)C)[C@H]1C(=O)N(C(=O)C(=O)OCc2ccc([N+](=O)[O-])cc2)[C@@H]1CC(=O)Sc1ccccc1. The Bertz CT molecular complexity index is 1280. The highest BCUT2D eigenvalue weighted by atomic mass is 32.2. The zero-order valence-electron chi connectivity index (χ0n) is 23.4. The molecular formula is C28H34N2O8SSi.